The van der Waals surface area contributed by atoms with Gasteiger partial charge in [-0.2, -0.15) is 0 Å². The van der Waals surface area contributed by atoms with E-state index in [2.05, 4.69) is 128 Å². The van der Waals surface area contributed by atoms with Crippen LogP contribution in [0.25, 0.3) is 0 Å². The van der Waals surface area contributed by atoms with Crippen molar-refractivity contribution < 1.29 is 1.37 Å². The van der Waals surface area contributed by atoms with E-state index in [1.54, 1.807) is 0 Å². The minimum atomic E-state index is -0.885. The number of rotatable bonds is 6. The Kier molecular flexibility index (Phi) is 5.91. The van der Waals surface area contributed by atoms with Gasteiger partial charge in [-0.1, -0.05) is 128 Å². The van der Waals surface area contributed by atoms with Gasteiger partial charge in [-0.15, -0.1) is 0 Å². The maximum atomic E-state index is 9.85. The maximum Gasteiger partial charge on any atom is 0.0411 e. The average Bonchev–Trinajstić information content (AvgIpc) is 2.77. The zero-order valence-electron chi connectivity index (χ0n) is 16.9. The van der Waals surface area contributed by atoms with E-state index in [0.29, 0.717) is 0 Å². The van der Waals surface area contributed by atoms with Crippen molar-refractivity contribution in [2.75, 3.05) is 0 Å². The van der Waals surface area contributed by atoms with E-state index in [0.717, 1.165) is 0 Å². The molecule has 4 aromatic rings. The van der Waals surface area contributed by atoms with Crippen molar-refractivity contribution in [3.8, 4) is 0 Å². The number of hydrogen-bond donors (Lipinski definition) is 0. The molecule has 0 saturated heterocycles. The molecule has 0 heterocycles. The molecule has 0 aliphatic heterocycles. The second-order valence-electron chi connectivity index (χ2n) is 6.56. The molecule has 4 rings (SSSR count). The van der Waals surface area contributed by atoms with Crippen molar-refractivity contribution >= 4 is 37.1 Å². The summed E-state index contributed by atoms with van der Waals surface area (Å²) in [7, 11) is -1.77. The van der Waals surface area contributed by atoms with E-state index in [-0.39, 0.29) is 0 Å². The van der Waals surface area contributed by atoms with Gasteiger partial charge in [0.25, 0.3) is 0 Å². The van der Waals surface area contributed by atoms with Gasteiger partial charge in [0.15, 0.2) is 0 Å². The highest BCUT2D eigenvalue weighted by Gasteiger charge is 2.30. The Labute approximate surface area is 172 Å². The van der Waals surface area contributed by atoms with Crippen LogP contribution in [-0.2, 0) is 0 Å². The van der Waals surface area contributed by atoms with Crippen LogP contribution in [0.1, 0.15) is 8.29 Å². The Balaban J connectivity index is 1.91. The summed E-state index contributed by atoms with van der Waals surface area (Å²) in [6.45, 7) is 2.14. The highest BCUT2D eigenvalue weighted by atomic mass is 31.2. The summed E-state index contributed by atoms with van der Waals surface area (Å²) in [4.78, 5) is 0. The summed E-state index contributed by atoms with van der Waals surface area (Å²) >= 11 is 0. The maximum absolute atomic E-state index is 9.85. The van der Waals surface area contributed by atoms with Crippen molar-refractivity contribution in [2.24, 2.45) is 0 Å². The lowest BCUT2D eigenvalue weighted by Crippen LogP contribution is -2.25. The van der Waals surface area contributed by atoms with Crippen LogP contribution in [0.3, 0.4) is 0 Å². The molecule has 2 heteroatoms. The van der Waals surface area contributed by atoms with Crippen LogP contribution < -0.4 is 21.2 Å². The van der Waals surface area contributed by atoms with Gasteiger partial charge in [-0.25, -0.2) is 0 Å². The molecule has 0 spiro atoms. The molecule has 0 nitrogen and oxygen atoms in total. The molecule has 0 amide bonds. The topological polar surface area (TPSA) is 0 Å². The predicted molar refractivity (Wildman–Crippen MR) is 128 cm³/mol. The molecule has 0 aliphatic rings. The molecule has 0 aromatic heterocycles. The van der Waals surface area contributed by atoms with Gasteiger partial charge >= 0.3 is 0 Å². The van der Waals surface area contributed by atoms with Crippen molar-refractivity contribution in [1.29, 1.82) is 0 Å². The van der Waals surface area contributed by atoms with E-state index in [4.69, 9.17) is 0 Å². The molecule has 0 aliphatic carbocycles. The second-order valence-corrected chi connectivity index (χ2v) is 11.7. The lowest BCUT2D eigenvalue weighted by atomic mass is 10.4. The first-order valence-corrected chi connectivity index (χ1v) is 12.2. The Morgan fingerprint density at radius 3 is 0.893 bits per heavy atom. The van der Waals surface area contributed by atoms with Crippen molar-refractivity contribution in [1.82, 2.24) is 0 Å². The van der Waals surface area contributed by atoms with E-state index in [1.807, 2.05) is 0 Å². The Morgan fingerprint density at radius 1 is 0.464 bits per heavy atom. The van der Waals surface area contributed by atoms with Gasteiger partial charge in [0.1, 0.15) is 0 Å². The summed E-state index contributed by atoms with van der Waals surface area (Å²) in [5.74, 6) is 0. The molecule has 0 radical (unpaired) electrons. The second kappa shape index (κ2) is 9.29. The fourth-order valence-corrected chi connectivity index (χ4v) is 9.61. The largest absolute Gasteiger partial charge is 0.0622 e. The molecular weight excluding hydrogens is 374 g/mol. The van der Waals surface area contributed by atoms with Gasteiger partial charge in [0.05, 0.1) is 0 Å². The van der Waals surface area contributed by atoms with Crippen molar-refractivity contribution in [3.63, 3.8) is 0 Å². The molecule has 0 fully saturated rings. The first-order valence-electron chi connectivity index (χ1n) is 9.98. The first kappa shape index (κ1) is 17.8. The first-order chi connectivity index (χ1) is 14.2. The lowest BCUT2D eigenvalue weighted by molar-refractivity contribution is 1.38. The summed E-state index contributed by atoms with van der Waals surface area (Å²) in [5, 5.41) is 4.35. The van der Waals surface area contributed by atoms with Crippen molar-refractivity contribution in [2.45, 2.75) is 12.3 Å². The Morgan fingerprint density at radius 2 is 0.679 bits per heavy atom. The third kappa shape index (κ3) is 4.25. The van der Waals surface area contributed by atoms with Gasteiger partial charge in [0, 0.05) is 6.75 Å². The molecule has 28 heavy (non-hydrogen) atoms. The molecular formula is C26H24P2. The zero-order valence-corrected chi connectivity index (χ0v) is 17.7. The van der Waals surface area contributed by atoms with Gasteiger partial charge < -0.3 is 0 Å². The summed E-state index contributed by atoms with van der Waals surface area (Å²) in [6, 6.07) is 42.5. The van der Waals surface area contributed by atoms with E-state index in [9.17, 15) is 1.37 Å². The third-order valence-corrected chi connectivity index (χ3v) is 10.5. The number of hydrogen-bond acceptors (Lipinski definition) is 0. The lowest BCUT2D eigenvalue weighted by Gasteiger charge is -2.33. The summed E-state index contributed by atoms with van der Waals surface area (Å²) < 4.78 is 9.85. The molecule has 138 valence electrons. The van der Waals surface area contributed by atoms with E-state index >= 15 is 0 Å². The highest BCUT2D eigenvalue weighted by Crippen LogP contribution is 2.55. The Bertz CT molecular complexity index is 855. The van der Waals surface area contributed by atoms with Crippen LogP contribution in [0.2, 0.25) is 0 Å². The number of benzene rings is 4. The Hall–Kier alpha value is -2.26. The van der Waals surface area contributed by atoms with E-state index in [1.165, 1.54) is 21.2 Å². The molecule has 0 atom stereocenters. The molecule has 0 unspecified atom stereocenters. The molecule has 0 saturated carbocycles. The summed E-state index contributed by atoms with van der Waals surface area (Å²) in [6.07, 6.45) is 0. The normalized spacial score (nSPS) is 12.2. The molecule has 4 aromatic carbocycles. The third-order valence-electron chi connectivity index (χ3n) is 4.70. The smallest absolute Gasteiger partial charge is 0.0411 e. The van der Waals surface area contributed by atoms with Gasteiger partial charge in [-0.3, -0.25) is 0 Å². The fraction of sp³-hybridized carbons (Fsp3) is 0.0769. The fourth-order valence-electron chi connectivity index (χ4n) is 3.45. The van der Waals surface area contributed by atoms with Crippen LogP contribution in [-0.4, -0.2) is 5.38 Å². The van der Waals surface area contributed by atoms with Gasteiger partial charge in [-0.05, 0) is 37.1 Å². The minimum absolute atomic E-state index is 0.671. The quantitative estimate of drug-likeness (QED) is 0.370. The van der Waals surface area contributed by atoms with Crippen LogP contribution in [0, 0.1) is 0 Å². The van der Waals surface area contributed by atoms with Crippen LogP contribution in [0.15, 0.2) is 121 Å². The summed E-state index contributed by atoms with van der Waals surface area (Å²) in [5.41, 5.74) is 0. The zero-order chi connectivity index (χ0) is 20.1. The van der Waals surface area contributed by atoms with Gasteiger partial charge in [0.2, 0.25) is 0 Å². The average molecular weight is 399 g/mol. The van der Waals surface area contributed by atoms with Crippen LogP contribution >= 0.6 is 15.8 Å². The minimum Gasteiger partial charge on any atom is -0.0622 e. The molecule has 0 bridgehead atoms. The predicted octanol–water partition coefficient (Wildman–Crippen LogP) is 5.60. The SMILES string of the molecule is [2H]C(C)(P(c1ccccc1)c1ccccc1)P(c1ccccc1)c1ccccc1. The van der Waals surface area contributed by atoms with Crippen molar-refractivity contribution in [3.05, 3.63) is 121 Å². The molecule has 0 N–H and O–H groups in total. The van der Waals surface area contributed by atoms with Crippen LogP contribution in [0.4, 0.5) is 0 Å². The standard InChI is InChI=1S/C26H24P2/c1-22(27(23-14-6-2-7-15-23)24-16-8-3-9-17-24)28(25-18-10-4-11-19-25)26-20-12-5-13-21-26/h2-22H,1H3/i22D. The highest BCUT2D eigenvalue weighted by molar-refractivity contribution is 7.89. The van der Waals surface area contributed by atoms with E-state index < -0.39 is 21.2 Å². The van der Waals surface area contributed by atoms with Crippen LogP contribution in [0.5, 0.6) is 0 Å². The monoisotopic (exact) mass is 399 g/mol.